The molecule has 1 aromatic rings. The van der Waals surface area contributed by atoms with Crippen LogP contribution >= 0.6 is 24.0 Å². The van der Waals surface area contributed by atoms with Crippen LogP contribution in [0.1, 0.15) is 31.7 Å². The van der Waals surface area contributed by atoms with E-state index in [2.05, 4.69) is 46.0 Å². The predicted molar refractivity (Wildman–Crippen MR) is 108 cm³/mol. The molecule has 130 valence electrons. The van der Waals surface area contributed by atoms with Crippen molar-refractivity contribution in [3.63, 3.8) is 0 Å². The molecule has 2 N–H and O–H groups in total. The van der Waals surface area contributed by atoms with Crippen LogP contribution in [0.3, 0.4) is 0 Å². The Morgan fingerprint density at radius 1 is 1.22 bits per heavy atom. The Hall–Kier alpha value is -0.820. The van der Waals surface area contributed by atoms with E-state index in [1.807, 2.05) is 14.0 Å². The first-order valence-corrected chi connectivity index (χ1v) is 8.34. The van der Waals surface area contributed by atoms with Crippen LogP contribution in [0, 0.1) is 5.41 Å². The summed E-state index contributed by atoms with van der Waals surface area (Å²) in [7, 11) is 1.83. The van der Waals surface area contributed by atoms with Crippen LogP contribution in [0.25, 0.3) is 0 Å². The molecule has 0 amide bonds. The molecule has 0 heterocycles. The number of aliphatic imine (C=N–C) groups is 1. The molecule has 5 heteroatoms. The molecular formula is C18H30IN3O. The lowest BCUT2D eigenvalue weighted by atomic mass is 9.96. The molecule has 2 rings (SSSR count). The highest BCUT2D eigenvalue weighted by molar-refractivity contribution is 14.0. The normalized spacial score (nSPS) is 15.7. The smallest absolute Gasteiger partial charge is 0.190 e. The Balaban J connectivity index is 0.00000264. The highest BCUT2D eigenvalue weighted by Gasteiger charge is 2.42. The van der Waals surface area contributed by atoms with Crippen LogP contribution in [0.15, 0.2) is 35.3 Å². The molecule has 0 atom stereocenters. The molecule has 0 spiro atoms. The minimum absolute atomic E-state index is 0. The number of nitrogens with one attached hydrogen (secondary N) is 2. The number of hydrogen-bond acceptors (Lipinski definition) is 2. The van der Waals surface area contributed by atoms with E-state index in [1.165, 1.54) is 18.4 Å². The van der Waals surface area contributed by atoms with Gasteiger partial charge in [0.1, 0.15) is 0 Å². The van der Waals surface area contributed by atoms with Gasteiger partial charge in [0.05, 0.1) is 0 Å². The van der Waals surface area contributed by atoms with E-state index in [1.54, 1.807) is 0 Å². The summed E-state index contributed by atoms with van der Waals surface area (Å²) in [5, 5.41) is 6.83. The topological polar surface area (TPSA) is 45.6 Å². The van der Waals surface area contributed by atoms with E-state index < -0.39 is 0 Å². The number of hydrogen-bond donors (Lipinski definition) is 2. The first kappa shape index (κ1) is 20.2. The maximum Gasteiger partial charge on any atom is 0.190 e. The van der Waals surface area contributed by atoms with Crippen molar-refractivity contribution in [2.45, 2.75) is 32.6 Å². The summed E-state index contributed by atoms with van der Waals surface area (Å²) in [6.45, 7) is 5.50. The van der Waals surface area contributed by atoms with Crippen molar-refractivity contribution in [2.75, 3.05) is 33.4 Å². The van der Waals surface area contributed by atoms with E-state index >= 15 is 0 Å². The van der Waals surface area contributed by atoms with E-state index in [0.29, 0.717) is 5.41 Å². The van der Waals surface area contributed by atoms with Crippen molar-refractivity contribution in [2.24, 2.45) is 10.4 Å². The highest BCUT2D eigenvalue weighted by atomic mass is 127. The zero-order chi connectivity index (χ0) is 15.7. The van der Waals surface area contributed by atoms with E-state index in [9.17, 15) is 0 Å². The molecule has 0 aromatic heterocycles. The summed E-state index contributed by atoms with van der Waals surface area (Å²) >= 11 is 0. The molecule has 0 aliphatic heterocycles. The van der Waals surface area contributed by atoms with Gasteiger partial charge < -0.3 is 15.4 Å². The van der Waals surface area contributed by atoms with Gasteiger partial charge in [-0.2, -0.15) is 0 Å². The number of rotatable bonds is 9. The van der Waals surface area contributed by atoms with Crippen LogP contribution in [0.5, 0.6) is 0 Å². The van der Waals surface area contributed by atoms with Gasteiger partial charge in [-0.05, 0) is 43.6 Å². The molecular weight excluding hydrogens is 401 g/mol. The third-order valence-corrected chi connectivity index (χ3v) is 4.20. The lowest BCUT2D eigenvalue weighted by molar-refractivity contribution is 0.145. The largest absolute Gasteiger partial charge is 0.382 e. The van der Waals surface area contributed by atoms with Gasteiger partial charge in [0.15, 0.2) is 5.96 Å². The van der Waals surface area contributed by atoms with Crippen molar-refractivity contribution in [3.05, 3.63) is 35.9 Å². The second-order valence-corrected chi connectivity index (χ2v) is 6.07. The average molecular weight is 431 g/mol. The van der Waals surface area contributed by atoms with Crippen molar-refractivity contribution in [1.29, 1.82) is 0 Å². The van der Waals surface area contributed by atoms with Gasteiger partial charge >= 0.3 is 0 Å². The summed E-state index contributed by atoms with van der Waals surface area (Å²) < 4.78 is 5.34. The minimum atomic E-state index is 0. The number of nitrogens with zero attached hydrogens (tertiary/aromatic N) is 1. The summed E-state index contributed by atoms with van der Waals surface area (Å²) in [5.74, 6) is 0.899. The number of benzene rings is 1. The summed E-state index contributed by atoms with van der Waals surface area (Å²) in [6.07, 6.45) is 4.76. The lowest BCUT2D eigenvalue weighted by Crippen LogP contribution is -2.41. The molecule has 1 aliphatic rings. The van der Waals surface area contributed by atoms with Gasteiger partial charge in [0, 0.05) is 33.4 Å². The highest BCUT2D eigenvalue weighted by Crippen LogP contribution is 2.47. The number of guanidine groups is 1. The summed E-state index contributed by atoms with van der Waals surface area (Å²) in [6, 6.07) is 10.8. The Morgan fingerprint density at radius 2 is 1.96 bits per heavy atom. The lowest BCUT2D eigenvalue weighted by Gasteiger charge is -2.18. The minimum Gasteiger partial charge on any atom is -0.382 e. The maximum atomic E-state index is 5.34. The molecule has 1 aliphatic carbocycles. The Labute approximate surface area is 157 Å². The van der Waals surface area contributed by atoms with Crippen LogP contribution in [-0.2, 0) is 11.2 Å². The van der Waals surface area contributed by atoms with E-state index in [4.69, 9.17) is 4.74 Å². The third kappa shape index (κ3) is 7.52. The molecule has 0 bridgehead atoms. The molecule has 1 aromatic carbocycles. The van der Waals surface area contributed by atoms with Crippen LogP contribution in [-0.4, -0.2) is 39.3 Å². The Morgan fingerprint density at radius 3 is 2.57 bits per heavy atom. The predicted octanol–water partition coefficient (Wildman–Crippen LogP) is 3.22. The van der Waals surface area contributed by atoms with E-state index in [-0.39, 0.29) is 24.0 Å². The Kier molecular flexibility index (Phi) is 9.55. The van der Waals surface area contributed by atoms with E-state index in [0.717, 1.165) is 45.1 Å². The van der Waals surface area contributed by atoms with Crippen LogP contribution in [0.2, 0.25) is 0 Å². The van der Waals surface area contributed by atoms with Crippen molar-refractivity contribution >= 4 is 29.9 Å². The van der Waals surface area contributed by atoms with Crippen LogP contribution < -0.4 is 10.6 Å². The van der Waals surface area contributed by atoms with Gasteiger partial charge in [0.2, 0.25) is 0 Å². The molecule has 1 fully saturated rings. The number of halogens is 1. The fourth-order valence-corrected chi connectivity index (χ4v) is 2.64. The maximum absolute atomic E-state index is 5.34. The monoisotopic (exact) mass is 431 g/mol. The SMILES string of the molecule is CCOCCCNC(=NC)NCC1(Cc2ccccc2)CC1.I. The van der Waals surface area contributed by atoms with Gasteiger partial charge in [0.25, 0.3) is 0 Å². The second kappa shape index (κ2) is 10.9. The number of ether oxygens (including phenoxy) is 1. The van der Waals surface area contributed by atoms with Crippen molar-refractivity contribution in [3.8, 4) is 0 Å². The molecule has 23 heavy (non-hydrogen) atoms. The van der Waals surface area contributed by atoms with Gasteiger partial charge in [-0.1, -0.05) is 30.3 Å². The average Bonchev–Trinajstić information content (AvgIpc) is 3.31. The Bertz CT molecular complexity index is 461. The molecule has 1 saturated carbocycles. The first-order chi connectivity index (χ1) is 10.8. The van der Waals surface area contributed by atoms with Gasteiger partial charge in [-0.25, -0.2) is 0 Å². The molecule has 4 nitrogen and oxygen atoms in total. The van der Waals surface area contributed by atoms with Gasteiger partial charge in [-0.3, -0.25) is 4.99 Å². The van der Waals surface area contributed by atoms with Crippen molar-refractivity contribution < 1.29 is 4.74 Å². The molecule has 0 unspecified atom stereocenters. The molecule has 0 radical (unpaired) electrons. The summed E-state index contributed by atoms with van der Waals surface area (Å²) in [4.78, 5) is 4.30. The molecule has 0 saturated heterocycles. The fraction of sp³-hybridized carbons (Fsp3) is 0.611. The second-order valence-electron chi connectivity index (χ2n) is 6.07. The van der Waals surface area contributed by atoms with Gasteiger partial charge in [-0.15, -0.1) is 24.0 Å². The first-order valence-electron chi connectivity index (χ1n) is 8.34. The standard InChI is InChI=1S/C18H29N3O.HI/c1-3-22-13-7-12-20-17(19-2)21-15-18(10-11-18)14-16-8-5-4-6-9-16;/h4-6,8-9H,3,7,10-15H2,1-2H3,(H2,19,20,21);1H. The zero-order valence-corrected chi connectivity index (χ0v) is 16.6. The summed E-state index contributed by atoms with van der Waals surface area (Å²) in [5.41, 5.74) is 1.85. The zero-order valence-electron chi connectivity index (χ0n) is 14.3. The van der Waals surface area contributed by atoms with Crippen LogP contribution in [0.4, 0.5) is 0 Å². The van der Waals surface area contributed by atoms with Crippen molar-refractivity contribution in [1.82, 2.24) is 10.6 Å². The quantitative estimate of drug-likeness (QED) is 0.273. The fourth-order valence-electron chi connectivity index (χ4n) is 2.64. The third-order valence-electron chi connectivity index (χ3n) is 4.20.